The molecule has 3 nitrogen and oxygen atoms in total. The minimum absolute atomic E-state index is 0.140. The Labute approximate surface area is 128 Å². The molecule has 1 aromatic rings. The highest BCUT2D eigenvalue weighted by molar-refractivity contribution is 9.10. The van der Waals surface area contributed by atoms with Gasteiger partial charge in [0.05, 0.1) is 0 Å². The highest BCUT2D eigenvalue weighted by Gasteiger charge is 2.36. The van der Waals surface area contributed by atoms with Gasteiger partial charge in [0.1, 0.15) is 0 Å². The third-order valence-electron chi connectivity index (χ3n) is 4.61. The fraction of sp³-hybridized carbons (Fsp3) is 0.562. The van der Waals surface area contributed by atoms with Gasteiger partial charge in [-0.1, -0.05) is 15.9 Å². The average molecular weight is 337 g/mol. The van der Waals surface area contributed by atoms with Gasteiger partial charge in [0.25, 0.3) is 5.91 Å². The number of amides is 1. The second kappa shape index (κ2) is 5.49. The Kier molecular flexibility index (Phi) is 3.87. The molecule has 2 heterocycles. The van der Waals surface area contributed by atoms with Crippen molar-refractivity contribution in [3.63, 3.8) is 0 Å². The Hall–Kier alpha value is -0.870. The number of hydrogen-bond donors (Lipinski definition) is 1. The zero-order valence-corrected chi connectivity index (χ0v) is 13.6. The van der Waals surface area contributed by atoms with Crippen LogP contribution in [0.1, 0.15) is 41.6 Å². The van der Waals surface area contributed by atoms with E-state index in [2.05, 4.69) is 21.2 Å². The summed E-state index contributed by atoms with van der Waals surface area (Å²) in [6.45, 7) is 2.02. The maximum absolute atomic E-state index is 12.7. The van der Waals surface area contributed by atoms with Gasteiger partial charge < -0.3 is 10.2 Å². The number of rotatable bonds is 2. The molecule has 2 atom stereocenters. The van der Waals surface area contributed by atoms with E-state index in [0.29, 0.717) is 18.1 Å². The van der Waals surface area contributed by atoms with Crippen molar-refractivity contribution >= 4 is 21.8 Å². The average Bonchev–Trinajstić information content (AvgIpc) is 2.74. The summed E-state index contributed by atoms with van der Waals surface area (Å²) in [4.78, 5) is 14.6. The molecule has 0 spiro atoms. The van der Waals surface area contributed by atoms with Gasteiger partial charge in [-0.2, -0.15) is 0 Å². The van der Waals surface area contributed by atoms with Crippen molar-refractivity contribution in [3.05, 3.63) is 33.8 Å². The van der Waals surface area contributed by atoms with Crippen molar-refractivity contribution in [1.29, 1.82) is 0 Å². The molecular weight excluding hydrogens is 316 g/mol. The van der Waals surface area contributed by atoms with Gasteiger partial charge in [-0.3, -0.25) is 4.79 Å². The van der Waals surface area contributed by atoms with E-state index in [-0.39, 0.29) is 5.91 Å². The van der Waals surface area contributed by atoms with Crippen molar-refractivity contribution in [1.82, 2.24) is 10.2 Å². The van der Waals surface area contributed by atoms with Crippen LogP contribution in [-0.2, 0) is 0 Å². The van der Waals surface area contributed by atoms with Crippen LogP contribution in [0.4, 0.5) is 0 Å². The quantitative estimate of drug-likeness (QED) is 0.899. The van der Waals surface area contributed by atoms with Crippen LogP contribution in [-0.4, -0.2) is 36.0 Å². The SMILES string of the molecule is Cc1cc(Br)cc(C(=O)N(C)C2CC3CCC(C2)N3)c1. The van der Waals surface area contributed by atoms with E-state index < -0.39 is 0 Å². The van der Waals surface area contributed by atoms with Gasteiger partial charge in [-0.05, 0) is 56.4 Å². The molecular formula is C16H21BrN2O. The van der Waals surface area contributed by atoms with E-state index in [0.717, 1.165) is 28.4 Å². The van der Waals surface area contributed by atoms with Crippen molar-refractivity contribution in [2.24, 2.45) is 0 Å². The number of hydrogen-bond acceptors (Lipinski definition) is 2. The van der Waals surface area contributed by atoms with Crippen LogP contribution < -0.4 is 5.32 Å². The summed E-state index contributed by atoms with van der Waals surface area (Å²) in [7, 11) is 1.95. The Morgan fingerprint density at radius 3 is 2.50 bits per heavy atom. The molecule has 1 aromatic carbocycles. The van der Waals surface area contributed by atoms with E-state index in [1.165, 1.54) is 12.8 Å². The van der Waals surface area contributed by atoms with Crippen molar-refractivity contribution in [2.45, 2.75) is 50.7 Å². The molecule has 4 heteroatoms. The number of nitrogens with one attached hydrogen (secondary N) is 1. The molecule has 2 bridgehead atoms. The van der Waals surface area contributed by atoms with E-state index in [4.69, 9.17) is 0 Å². The summed E-state index contributed by atoms with van der Waals surface area (Å²) in [6.07, 6.45) is 4.70. The largest absolute Gasteiger partial charge is 0.339 e. The zero-order valence-electron chi connectivity index (χ0n) is 12.0. The Morgan fingerprint density at radius 1 is 1.25 bits per heavy atom. The van der Waals surface area contributed by atoms with Crippen LogP contribution >= 0.6 is 15.9 Å². The summed E-state index contributed by atoms with van der Waals surface area (Å²) < 4.78 is 0.972. The van der Waals surface area contributed by atoms with Gasteiger partial charge in [0.2, 0.25) is 0 Å². The Balaban J connectivity index is 1.76. The van der Waals surface area contributed by atoms with E-state index in [1.54, 1.807) is 0 Å². The molecule has 2 saturated heterocycles. The number of carbonyl (C=O) groups is 1. The molecule has 1 N–H and O–H groups in total. The van der Waals surface area contributed by atoms with Crippen LogP contribution in [0.15, 0.2) is 22.7 Å². The van der Waals surface area contributed by atoms with Gasteiger partial charge >= 0.3 is 0 Å². The summed E-state index contributed by atoms with van der Waals surface area (Å²) in [5, 5.41) is 3.63. The molecule has 0 radical (unpaired) electrons. The van der Waals surface area contributed by atoms with Gasteiger partial charge in [0, 0.05) is 35.2 Å². The predicted molar refractivity (Wildman–Crippen MR) is 83.9 cm³/mol. The number of fused-ring (bicyclic) bond motifs is 2. The number of benzene rings is 1. The fourth-order valence-corrected chi connectivity index (χ4v) is 4.18. The second-order valence-corrected chi connectivity index (χ2v) is 7.11. The Bertz CT molecular complexity index is 499. The third kappa shape index (κ3) is 2.77. The first-order valence-electron chi connectivity index (χ1n) is 7.33. The minimum atomic E-state index is 0.140. The summed E-state index contributed by atoms with van der Waals surface area (Å²) in [6, 6.07) is 7.51. The number of nitrogens with zero attached hydrogens (tertiary/aromatic N) is 1. The number of piperidine rings is 1. The molecule has 2 fully saturated rings. The lowest BCUT2D eigenvalue weighted by Gasteiger charge is -2.35. The summed E-state index contributed by atoms with van der Waals surface area (Å²) >= 11 is 3.47. The lowest BCUT2D eigenvalue weighted by molar-refractivity contribution is 0.0681. The molecule has 2 aliphatic heterocycles. The maximum Gasteiger partial charge on any atom is 0.253 e. The first-order valence-corrected chi connectivity index (χ1v) is 8.12. The lowest BCUT2D eigenvalue weighted by Crippen LogP contribution is -2.48. The van der Waals surface area contributed by atoms with Gasteiger partial charge in [-0.25, -0.2) is 0 Å². The predicted octanol–water partition coefficient (Wildman–Crippen LogP) is 3.11. The highest BCUT2D eigenvalue weighted by Crippen LogP contribution is 2.30. The zero-order chi connectivity index (χ0) is 14.3. The van der Waals surface area contributed by atoms with E-state index in [9.17, 15) is 4.79 Å². The van der Waals surface area contributed by atoms with Crippen molar-refractivity contribution in [2.75, 3.05) is 7.05 Å². The topological polar surface area (TPSA) is 32.3 Å². The normalized spacial score (nSPS) is 28.4. The number of carbonyl (C=O) groups excluding carboxylic acids is 1. The first kappa shape index (κ1) is 14.1. The van der Waals surface area contributed by atoms with Gasteiger partial charge in [0.15, 0.2) is 0 Å². The standard InChI is InChI=1S/C16H21BrN2O/c1-10-5-11(7-12(17)6-10)16(20)19(2)15-8-13-3-4-14(9-15)18-13/h5-7,13-15,18H,3-4,8-9H2,1-2H3. The van der Waals surface area contributed by atoms with Gasteiger partial charge in [-0.15, -0.1) is 0 Å². The van der Waals surface area contributed by atoms with Crippen LogP contribution in [0.3, 0.4) is 0 Å². The van der Waals surface area contributed by atoms with E-state index in [1.807, 2.05) is 37.1 Å². The minimum Gasteiger partial charge on any atom is -0.339 e. The molecule has 20 heavy (non-hydrogen) atoms. The molecule has 3 rings (SSSR count). The highest BCUT2D eigenvalue weighted by atomic mass is 79.9. The molecule has 1 amide bonds. The lowest BCUT2D eigenvalue weighted by atomic mass is 9.98. The summed E-state index contributed by atoms with van der Waals surface area (Å²) in [5.74, 6) is 0.140. The molecule has 2 unspecified atom stereocenters. The van der Waals surface area contributed by atoms with Crippen molar-refractivity contribution < 1.29 is 4.79 Å². The smallest absolute Gasteiger partial charge is 0.253 e. The van der Waals surface area contributed by atoms with Crippen LogP contribution in [0, 0.1) is 6.92 Å². The van der Waals surface area contributed by atoms with Crippen molar-refractivity contribution in [3.8, 4) is 0 Å². The van der Waals surface area contributed by atoms with Crippen LogP contribution in [0.2, 0.25) is 0 Å². The first-order chi connectivity index (χ1) is 9.52. The number of halogens is 1. The maximum atomic E-state index is 12.7. The summed E-state index contributed by atoms with van der Waals surface area (Å²) in [5.41, 5.74) is 1.90. The monoisotopic (exact) mass is 336 g/mol. The third-order valence-corrected chi connectivity index (χ3v) is 5.06. The van der Waals surface area contributed by atoms with E-state index >= 15 is 0 Å². The molecule has 108 valence electrons. The molecule has 2 aliphatic rings. The number of aryl methyl sites for hydroxylation is 1. The molecule has 0 aliphatic carbocycles. The second-order valence-electron chi connectivity index (χ2n) is 6.20. The molecule has 0 saturated carbocycles. The Morgan fingerprint density at radius 2 is 1.90 bits per heavy atom. The van der Waals surface area contributed by atoms with Crippen LogP contribution in [0.5, 0.6) is 0 Å². The molecule has 0 aromatic heterocycles. The fourth-order valence-electron chi connectivity index (χ4n) is 3.57. The van der Waals surface area contributed by atoms with Crippen LogP contribution in [0.25, 0.3) is 0 Å².